The van der Waals surface area contributed by atoms with Crippen LogP contribution in [0.4, 0.5) is 0 Å². The predicted octanol–water partition coefficient (Wildman–Crippen LogP) is 3.92. The van der Waals surface area contributed by atoms with Gasteiger partial charge in [0.2, 0.25) is 0 Å². The Balaban J connectivity index is 1.87. The van der Waals surface area contributed by atoms with Gasteiger partial charge in [0.25, 0.3) is 0 Å². The topological polar surface area (TPSA) is 26.3 Å². The lowest BCUT2D eigenvalue weighted by Crippen LogP contribution is -2.25. The van der Waals surface area contributed by atoms with Gasteiger partial charge >= 0.3 is 0 Å². The van der Waals surface area contributed by atoms with E-state index in [1.807, 2.05) is 12.1 Å². The lowest BCUT2D eigenvalue weighted by molar-refractivity contribution is -0.122. The van der Waals surface area contributed by atoms with Crippen molar-refractivity contribution >= 4 is 5.78 Å². The Hall–Kier alpha value is -1.31. The van der Waals surface area contributed by atoms with Crippen LogP contribution in [0.15, 0.2) is 24.3 Å². The van der Waals surface area contributed by atoms with E-state index in [1.54, 1.807) is 0 Å². The lowest BCUT2D eigenvalue weighted by Gasteiger charge is -2.22. The van der Waals surface area contributed by atoms with Gasteiger partial charge in [-0.25, -0.2) is 0 Å². The summed E-state index contributed by atoms with van der Waals surface area (Å²) in [6.07, 6.45) is 6.97. The molecule has 0 aromatic heterocycles. The van der Waals surface area contributed by atoms with E-state index in [1.165, 1.54) is 18.4 Å². The van der Waals surface area contributed by atoms with Crippen LogP contribution in [0.1, 0.15) is 51.0 Å². The van der Waals surface area contributed by atoms with Crippen molar-refractivity contribution in [3.8, 4) is 5.75 Å². The molecule has 0 amide bonds. The van der Waals surface area contributed by atoms with E-state index in [2.05, 4.69) is 19.1 Å². The first-order chi connectivity index (χ1) is 8.78. The number of ether oxygens (including phenoxy) is 1. The van der Waals surface area contributed by atoms with E-state index in [0.717, 1.165) is 31.4 Å². The number of aryl methyl sites for hydroxylation is 1. The molecule has 0 bridgehead atoms. The van der Waals surface area contributed by atoms with Crippen LogP contribution in [0.3, 0.4) is 0 Å². The highest BCUT2D eigenvalue weighted by Crippen LogP contribution is 2.22. The Kier molecular flexibility index (Phi) is 4.80. The van der Waals surface area contributed by atoms with Crippen LogP contribution in [0, 0.1) is 0 Å². The molecule has 0 aliphatic heterocycles. The van der Waals surface area contributed by atoms with Crippen molar-refractivity contribution in [1.29, 1.82) is 0 Å². The molecule has 1 unspecified atom stereocenters. The zero-order valence-corrected chi connectivity index (χ0v) is 11.2. The summed E-state index contributed by atoms with van der Waals surface area (Å²) in [5.41, 5.74) is 1.36. The first-order valence-corrected chi connectivity index (χ1v) is 7.05. The molecule has 0 N–H and O–H groups in total. The maximum atomic E-state index is 11.4. The first kappa shape index (κ1) is 13.1. The average Bonchev–Trinajstić information content (AvgIpc) is 2.38. The first-order valence-electron chi connectivity index (χ1n) is 7.05. The van der Waals surface area contributed by atoms with Gasteiger partial charge in [0, 0.05) is 12.8 Å². The third kappa shape index (κ3) is 3.86. The second-order valence-corrected chi connectivity index (χ2v) is 5.12. The van der Waals surface area contributed by atoms with Crippen LogP contribution in [-0.4, -0.2) is 11.9 Å². The summed E-state index contributed by atoms with van der Waals surface area (Å²) < 4.78 is 5.86. The van der Waals surface area contributed by atoms with E-state index in [0.29, 0.717) is 12.2 Å². The quantitative estimate of drug-likeness (QED) is 0.787. The molecule has 2 heteroatoms. The van der Waals surface area contributed by atoms with Crippen molar-refractivity contribution in [3.05, 3.63) is 29.8 Å². The van der Waals surface area contributed by atoms with Crippen molar-refractivity contribution in [3.63, 3.8) is 0 Å². The lowest BCUT2D eigenvalue weighted by atomic mass is 9.96. The van der Waals surface area contributed by atoms with Gasteiger partial charge in [-0.1, -0.05) is 25.5 Å². The molecule has 2 nitrogen and oxygen atoms in total. The van der Waals surface area contributed by atoms with Gasteiger partial charge in [0.15, 0.2) is 0 Å². The Bertz CT molecular complexity index is 381. The summed E-state index contributed by atoms with van der Waals surface area (Å²) in [6, 6.07) is 8.33. The van der Waals surface area contributed by atoms with Crippen LogP contribution < -0.4 is 4.74 Å². The molecule has 18 heavy (non-hydrogen) atoms. The number of Topliss-reactive ketones (excluding diaryl/α,β-unsaturated/α-hetero) is 1. The van der Waals surface area contributed by atoms with Crippen molar-refractivity contribution in [2.45, 2.75) is 58.0 Å². The molecule has 1 saturated carbocycles. The third-order valence-electron chi connectivity index (χ3n) is 3.48. The number of carbonyl (C=O) groups is 1. The fourth-order valence-electron chi connectivity index (χ4n) is 2.39. The number of ketones is 1. The summed E-state index contributed by atoms with van der Waals surface area (Å²) in [5, 5.41) is 0. The number of hydrogen-bond donors (Lipinski definition) is 0. The monoisotopic (exact) mass is 246 g/mol. The second kappa shape index (κ2) is 6.58. The summed E-state index contributed by atoms with van der Waals surface area (Å²) in [7, 11) is 0. The Morgan fingerprint density at radius 2 is 2.06 bits per heavy atom. The van der Waals surface area contributed by atoms with E-state index < -0.39 is 0 Å². The molecular formula is C16H22O2. The third-order valence-corrected chi connectivity index (χ3v) is 3.48. The number of unbranched alkanes of at least 4 members (excludes halogenated alkanes) is 1. The number of benzene rings is 1. The molecule has 0 radical (unpaired) electrons. The fraction of sp³-hybridized carbons (Fsp3) is 0.562. The minimum Gasteiger partial charge on any atom is -0.490 e. The highest BCUT2D eigenvalue weighted by molar-refractivity contribution is 5.79. The highest BCUT2D eigenvalue weighted by atomic mass is 16.5. The van der Waals surface area contributed by atoms with Crippen molar-refractivity contribution in [1.82, 2.24) is 0 Å². The normalized spacial score (nSPS) is 19.8. The van der Waals surface area contributed by atoms with E-state index in [9.17, 15) is 4.79 Å². The Morgan fingerprint density at radius 3 is 2.72 bits per heavy atom. The minimum absolute atomic E-state index is 0.0905. The molecule has 0 saturated heterocycles. The molecule has 1 atom stereocenters. The zero-order valence-electron chi connectivity index (χ0n) is 11.2. The van der Waals surface area contributed by atoms with E-state index >= 15 is 0 Å². The summed E-state index contributed by atoms with van der Waals surface area (Å²) >= 11 is 0. The fourth-order valence-corrected chi connectivity index (χ4v) is 2.39. The second-order valence-electron chi connectivity index (χ2n) is 5.12. The van der Waals surface area contributed by atoms with Gasteiger partial charge in [-0.2, -0.15) is 0 Å². The number of rotatable bonds is 5. The van der Waals surface area contributed by atoms with Gasteiger partial charge in [0.1, 0.15) is 17.6 Å². The Morgan fingerprint density at radius 1 is 1.28 bits per heavy atom. The molecule has 1 fully saturated rings. The molecule has 98 valence electrons. The van der Waals surface area contributed by atoms with Crippen LogP contribution in [0.2, 0.25) is 0 Å². The van der Waals surface area contributed by atoms with Gasteiger partial charge in [0.05, 0.1) is 0 Å². The van der Waals surface area contributed by atoms with Crippen LogP contribution in [-0.2, 0) is 11.2 Å². The van der Waals surface area contributed by atoms with Gasteiger partial charge in [-0.05, 0) is 43.4 Å². The summed E-state index contributed by atoms with van der Waals surface area (Å²) in [4.78, 5) is 11.4. The van der Waals surface area contributed by atoms with Crippen molar-refractivity contribution < 1.29 is 9.53 Å². The molecule has 0 spiro atoms. The predicted molar refractivity (Wildman–Crippen MR) is 72.9 cm³/mol. The molecule has 1 aliphatic carbocycles. The summed E-state index contributed by atoms with van der Waals surface area (Å²) in [5.74, 6) is 1.24. The molecule has 1 aliphatic rings. The van der Waals surface area contributed by atoms with Crippen LogP contribution in [0.25, 0.3) is 0 Å². The van der Waals surface area contributed by atoms with Crippen LogP contribution in [0.5, 0.6) is 5.75 Å². The molecule has 0 heterocycles. The van der Waals surface area contributed by atoms with Gasteiger partial charge < -0.3 is 4.74 Å². The zero-order chi connectivity index (χ0) is 12.8. The van der Waals surface area contributed by atoms with Gasteiger partial charge in [-0.3, -0.25) is 4.79 Å². The van der Waals surface area contributed by atoms with E-state index in [4.69, 9.17) is 4.74 Å². The number of carbonyl (C=O) groups excluding carboxylic acids is 1. The highest BCUT2D eigenvalue weighted by Gasteiger charge is 2.20. The van der Waals surface area contributed by atoms with Gasteiger partial charge in [-0.15, -0.1) is 0 Å². The van der Waals surface area contributed by atoms with Crippen molar-refractivity contribution in [2.75, 3.05) is 0 Å². The smallest absolute Gasteiger partial charge is 0.136 e. The average molecular weight is 246 g/mol. The van der Waals surface area contributed by atoms with Crippen LogP contribution >= 0.6 is 0 Å². The largest absolute Gasteiger partial charge is 0.490 e. The maximum absolute atomic E-state index is 11.4. The Labute approximate surface area is 109 Å². The maximum Gasteiger partial charge on any atom is 0.136 e. The molecule has 1 aromatic carbocycles. The molecule has 2 rings (SSSR count). The molecule has 1 aromatic rings. The standard InChI is InChI=1S/C16H22O2/c1-2-3-5-13-8-10-15(11-9-13)18-16-7-4-6-14(17)12-16/h8-11,16H,2-7,12H2,1H3. The minimum atomic E-state index is 0.0905. The van der Waals surface area contributed by atoms with Crippen molar-refractivity contribution in [2.24, 2.45) is 0 Å². The number of hydrogen-bond acceptors (Lipinski definition) is 2. The molecular weight excluding hydrogens is 224 g/mol. The SMILES string of the molecule is CCCCc1ccc(OC2CCCC(=O)C2)cc1. The van der Waals surface area contributed by atoms with E-state index in [-0.39, 0.29) is 6.10 Å². The summed E-state index contributed by atoms with van der Waals surface area (Å²) in [6.45, 7) is 2.21.